The Labute approximate surface area is 142 Å². The summed E-state index contributed by atoms with van der Waals surface area (Å²) in [5.74, 6) is 2.59. The summed E-state index contributed by atoms with van der Waals surface area (Å²) in [7, 11) is -3.46. The molecule has 5 heteroatoms. The highest BCUT2D eigenvalue weighted by Gasteiger charge is 2.41. The lowest BCUT2D eigenvalue weighted by Gasteiger charge is -2.22. The van der Waals surface area contributed by atoms with Crippen molar-refractivity contribution in [3.8, 4) is 11.5 Å². The number of rotatable bonds is 5. The average molecular weight is 343 g/mol. The van der Waals surface area contributed by atoms with Crippen LogP contribution in [0.1, 0.15) is 25.7 Å². The Morgan fingerprint density at radius 3 is 2.21 bits per heavy atom. The van der Waals surface area contributed by atoms with Gasteiger partial charge in [-0.15, -0.1) is 0 Å². The van der Waals surface area contributed by atoms with Crippen LogP contribution in [0, 0.1) is 11.8 Å². The van der Waals surface area contributed by atoms with Crippen molar-refractivity contribution >= 4 is 10.0 Å². The SMILES string of the molecule is O=S(=O)(N[C@H]1C[C@H]2CC[C@H]1C2)c1ccc(Oc2ccccc2)cc1. The highest BCUT2D eigenvalue weighted by molar-refractivity contribution is 7.89. The van der Waals surface area contributed by atoms with Gasteiger partial charge in [0.05, 0.1) is 4.90 Å². The van der Waals surface area contributed by atoms with Crippen LogP contribution in [-0.2, 0) is 10.0 Å². The van der Waals surface area contributed by atoms with Gasteiger partial charge < -0.3 is 4.74 Å². The lowest BCUT2D eigenvalue weighted by molar-refractivity contribution is 0.390. The number of hydrogen-bond acceptors (Lipinski definition) is 3. The van der Waals surface area contributed by atoms with E-state index in [2.05, 4.69) is 4.72 Å². The van der Waals surface area contributed by atoms with Gasteiger partial charge in [-0.2, -0.15) is 0 Å². The molecule has 0 aliphatic heterocycles. The van der Waals surface area contributed by atoms with Crippen LogP contribution >= 0.6 is 0 Å². The van der Waals surface area contributed by atoms with Crippen LogP contribution in [0.15, 0.2) is 59.5 Å². The van der Waals surface area contributed by atoms with E-state index in [1.54, 1.807) is 24.3 Å². The fourth-order valence-corrected chi connectivity index (χ4v) is 5.29. The maximum absolute atomic E-state index is 12.6. The van der Waals surface area contributed by atoms with Gasteiger partial charge in [-0.1, -0.05) is 24.6 Å². The number of para-hydroxylation sites is 1. The quantitative estimate of drug-likeness (QED) is 0.894. The molecule has 2 bridgehead atoms. The normalized spacial score (nSPS) is 25.8. The number of ether oxygens (including phenoxy) is 1. The Hall–Kier alpha value is -1.85. The van der Waals surface area contributed by atoms with Gasteiger partial charge in [-0.25, -0.2) is 13.1 Å². The topological polar surface area (TPSA) is 55.4 Å². The van der Waals surface area contributed by atoms with E-state index in [1.807, 2.05) is 30.3 Å². The Morgan fingerprint density at radius 1 is 0.875 bits per heavy atom. The van der Waals surface area contributed by atoms with E-state index in [4.69, 9.17) is 4.74 Å². The summed E-state index contributed by atoms with van der Waals surface area (Å²) in [6, 6.07) is 16.1. The largest absolute Gasteiger partial charge is 0.457 e. The molecule has 0 spiro atoms. The second-order valence-corrected chi connectivity index (χ2v) is 8.50. The predicted octanol–water partition coefficient (Wildman–Crippen LogP) is 3.95. The van der Waals surface area contributed by atoms with Gasteiger partial charge in [0.2, 0.25) is 10.0 Å². The molecule has 0 radical (unpaired) electrons. The van der Waals surface area contributed by atoms with Crippen molar-refractivity contribution in [2.24, 2.45) is 11.8 Å². The molecule has 0 heterocycles. The second kappa shape index (κ2) is 6.22. The maximum Gasteiger partial charge on any atom is 0.240 e. The lowest BCUT2D eigenvalue weighted by atomic mass is 9.96. The molecule has 3 atom stereocenters. The minimum atomic E-state index is -3.46. The first-order valence-electron chi connectivity index (χ1n) is 8.45. The van der Waals surface area contributed by atoms with Crippen LogP contribution in [0.25, 0.3) is 0 Å². The highest BCUT2D eigenvalue weighted by Crippen LogP contribution is 2.44. The van der Waals surface area contributed by atoms with E-state index in [9.17, 15) is 8.42 Å². The van der Waals surface area contributed by atoms with Crippen LogP contribution < -0.4 is 9.46 Å². The fourth-order valence-electron chi connectivity index (χ4n) is 3.97. The molecule has 0 aromatic heterocycles. The molecule has 2 aromatic rings. The zero-order chi connectivity index (χ0) is 16.6. The van der Waals surface area contributed by atoms with Crippen LogP contribution in [-0.4, -0.2) is 14.5 Å². The molecule has 0 unspecified atom stereocenters. The summed E-state index contributed by atoms with van der Waals surface area (Å²) in [5, 5.41) is 0. The molecule has 2 fully saturated rings. The van der Waals surface area contributed by atoms with Crippen LogP contribution in [0.5, 0.6) is 11.5 Å². The molecule has 2 aromatic carbocycles. The summed E-state index contributed by atoms with van der Waals surface area (Å²) in [5.41, 5.74) is 0. The Balaban J connectivity index is 1.45. The van der Waals surface area contributed by atoms with Crippen molar-refractivity contribution in [1.82, 2.24) is 4.72 Å². The lowest BCUT2D eigenvalue weighted by Crippen LogP contribution is -2.38. The van der Waals surface area contributed by atoms with Crippen molar-refractivity contribution in [1.29, 1.82) is 0 Å². The van der Waals surface area contributed by atoms with Crippen molar-refractivity contribution in [3.05, 3.63) is 54.6 Å². The second-order valence-electron chi connectivity index (χ2n) is 6.79. The minimum Gasteiger partial charge on any atom is -0.457 e. The number of fused-ring (bicyclic) bond motifs is 2. The summed E-state index contributed by atoms with van der Waals surface area (Å²) < 4.78 is 33.8. The van der Waals surface area contributed by atoms with Gasteiger partial charge in [0.1, 0.15) is 11.5 Å². The Bertz CT molecular complexity index is 802. The predicted molar refractivity (Wildman–Crippen MR) is 92.5 cm³/mol. The van der Waals surface area contributed by atoms with Crippen molar-refractivity contribution in [2.45, 2.75) is 36.6 Å². The zero-order valence-electron chi connectivity index (χ0n) is 13.4. The molecule has 0 saturated heterocycles. The molecule has 4 nitrogen and oxygen atoms in total. The molecule has 2 saturated carbocycles. The van der Waals surface area contributed by atoms with E-state index in [1.165, 1.54) is 12.8 Å². The third kappa shape index (κ3) is 3.19. The van der Waals surface area contributed by atoms with Gasteiger partial charge in [0, 0.05) is 6.04 Å². The van der Waals surface area contributed by atoms with E-state index in [-0.39, 0.29) is 6.04 Å². The Morgan fingerprint density at radius 2 is 1.58 bits per heavy atom. The first kappa shape index (κ1) is 15.7. The number of hydrogen-bond donors (Lipinski definition) is 1. The van der Waals surface area contributed by atoms with Gasteiger partial charge >= 0.3 is 0 Å². The molecule has 1 N–H and O–H groups in total. The third-order valence-electron chi connectivity index (χ3n) is 5.16. The molecule has 4 rings (SSSR count). The first-order valence-corrected chi connectivity index (χ1v) is 9.94. The monoisotopic (exact) mass is 343 g/mol. The van der Waals surface area contributed by atoms with Crippen molar-refractivity contribution in [3.63, 3.8) is 0 Å². The summed E-state index contributed by atoms with van der Waals surface area (Å²) in [6.45, 7) is 0. The average Bonchev–Trinajstić information content (AvgIpc) is 3.19. The molecule has 2 aliphatic rings. The summed E-state index contributed by atoms with van der Waals surface area (Å²) in [4.78, 5) is 0.297. The van der Waals surface area contributed by atoms with E-state index < -0.39 is 10.0 Å². The van der Waals surface area contributed by atoms with E-state index in [0.717, 1.165) is 18.6 Å². The number of nitrogens with one attached hydrogen (secondary N) is 1. The van der Waals surface area contributed by atoms with Crippen LogP contribution in [0.2, 0.25) is 0 Å². The van der Waals surface area contributed by atoms with E-state index >= 15 is 0 Å². The molecule has 24 heavy (non-hydrogen) atoms. The standard InChI is InChI=1S/C19H21NO3S/c21-24(22,20-19-13-14-6-7-15(19)12-14)18-10-8-17(9-11-18)23-16-4-2-1-3-5-16/h1-5,8-11,14-15,19-20H,6-7,12-13H2/t14-,15-,19-/m0/s1. The molecular weight excluding hydrogens is 322 g/mol. The number of benzene rings is 2. The zero-order valence-corrected chi connectivity index (χ0v) is 14.2. The summed E-state index contributed by atoms with van der Waals surface area (Å²) in [6.07, 6.45) is 4.58. The van der Waals surface area contributed by atoms with Gasteiger partial charge in [0.15, 0.2) is 0 Å². The van der Waals surface area contributed by atoms with Crippen LogP contribution in [0.4, 0.5) is 0 Å². The smallest absolute Gasteiger partial charge is 0.240 e. The third-order valence-corrected chi connectivity index (χ3v) is 6.66. The number of sulfonamides is 1. The molecular formula is C19H21NO3S. The van der Waals surface area contributed by atoms with Crippen molar-refractivity contribution in [2.75, 3.05) is 0 Å². The van der Waals surface area contributed by atoms with Gasteiger partial charge in [-0.3, -0.25) is 0 Å². The van der Waals surface area contributed by atoms with E-state index in [0.29, 0.717) is 22.5 Å². The molecule has 2 aliphatic carbocycles. The summed E-state index contributed by atoms with van der Waals surface area (Å²) >= 11 is 0. The fraction of sp³-hybridized carbons (Fsp3) is 0.368. The first-order chi connectivity index (χ1) is 11.6. The van der Waals surface area contributed by atoms with Crippen molar-refractivity contribution < 1.29 is 13.2 Å². The maximum atomic E-state index is 12.6. The Kier molecular flexibility index (Phi) is 4.06. The van der Waals surface area contributed by atoms with Gasteiger partial charge in [0.25, 0.3) is 0 Å². The van der Waals surface area contributed by atoms with Crippen LogP contribution in [0.3, 0.4) is 0 Å². The highest BCUT2D eigenvalue weighted by atomic mass is 32.2. The van der Waals surface area contributed by atoms with Gasteiger partial charge in [-0.05, 0) is 67.5 Å². The molecule has 0 amide bonds. The molecule has 126 valence electrons. The minimum absolute atomic E-state index is 0.106.